The summed E-state index contributed by atoms with van der Waals surface area (Å²) in [6.07, 6.45) is 0. The highest BCUT2D eigenvalue weighted by Crippen LogP contribution is 2.36. The van der Waals surface area contributed by atoms with Gasteiger partial charge in [0.25, 0.3) is 0 Å². The molecule has 4 nitrogen and oxygen atoms in total. The molecule has 5 heteroatoms. The normalized spacial score (nSPS) is 17.0. The van der Waals surface area contributed by atoms with E-state index >= 15 is 0 Å². The Hall–Kier alpha value is -2.76. The fourth-order valence-corrected chi connectivity index (χ4v) is 3.40. The van der Waals surface area contributed by atoms with E-state index in [0.717, 1.165) is 28.2 Å². The van der Waals surface area contributed by atoms with E-state index in [9.17, 15) is 0 Å². The summed E-state index contributed by atoms with van der Waals surface area (Å²) < 4.78 is 17.5. The lowest BCUT2D eigenvalue weighted by Crippen LogP contribution is -2.41. The molecule has 0 unspecified atom stereocenters. The Bertz CT molecular complexity index is 980. The average Bonchev–Trinajstić information content (AvgIpc) is 2.96. The lowest BCUT2D eigenvalue weighted by Gasteiger charge is -2.32. The standard InChI is InChI=1S/C25H28BNO3/c1-24(2)25(3,4)30-26(29-24)20-10-14-22(15-11-20)27-21-12-6-18(7-13-21)19-8-16-23(28-5)17-9-19/h6-17,27H,1-5H3. The van der Waals surface area contributed by atoms with Crippen LogP contribution in [-0.4, -0.2) is 25.4 Å². The van der Waals surface area contributed by atoms with E-state index in [1.165, 1.54) is 5.56 Å². The monoisotopic (exact) mass is 401 g/mol. The largest absolute Gasteiger partial charge is 0.497 e. The third-order valence-electron chi connectivity index (χ3n) is 6.03. The lowest BCUT2D eigenvalue weighted by molar-refractivity contribution is 0.00578. The Morgan fingerprint density at radius 3 is 1.57 bits per heavy atom. The van der Waals surface area contributed by atoms with Gasteiger partial charge >= 0.3 is 7.12 Å². The van der Waals surface area contributed by atoms with Crippen molar-refractivity contribution in [2.75, 3.05) is 12.4 Å². The summed E-state index contributed by atoms with van der Waals surface area (Å²) >= 11 is 0. The van der Waals surface area contributed by atoms with Gasteiger partial charge in [0.2, 0.25) is 0 Å². The third-order valence-corrected chi connectivity index (χ3v) is 6.03. The summed E-state index contributed by atoms with van der Waals surface area (Å²) in [4.78, 5) is 0. The van der Waals surface area contributed by atoms with Crippen molar-refractivity contribution in [2.45, 2.75) is 38.9 Å². The summed E-state index contributed by atoms with van der Waals surface area (Å²) in [5.41, 5.74) is 4.74. The van der Waals surface area contributed by atoms with Crippen molar-refractivity contribution < 1.29 is 14.0 Å². The predicted octanol–water partition coefficient (Wildman–Crippen LogP) is 5.41. The first-order valence-corrected chi connectivity index (χ1v) is 10.2. The molecular formula is C25H28BNO3. The van der Waals surface area contributed by atoms with Gasteiger partial charge in [-0.3, -0.25) is 0 Å². The molecule has 0 aromatic heterocycles. The van der Waals surface area contributed by atoms with Gasteiger partial charge in [-0.1, -0.05) is 36.4 Å². The van der Waals surface area contributed by atoms with Crippen molar-refractivity contribution in [3.63, 3.8) is 0 Å². The van der Waals surface area contributed by atoms with Crippen LogP contribution in [-0.2, 0) is 9.31 Å². The fraction of sp³-hybridized carbons (Fsp3) is 0.280. The van der Waals surface area contributed by atoms with Crippen LogP contribution in [0.4, 0.5) is 11.4 Å². The first kappa shape index (κ1) is 20.5. The second-order valence-electron chi connectivity index (χ2n) is 8.64. The van der Waals surface area contributed by atoms with Crippen LogP contribution in [0.5, 0.6) is 5.75 Å². The smallest absolute Gasteiger partial charge is 0.494 e. The van der Waals surface area contributed by atoms with Gasteiger partial charge in [-0.25, -0.2) is 0 Å². The molecule has 0 radical (unpaired) electrons. The highest BCUT2D eigenvalue weighted by molar-refractivity contribution is 6.62. The highest BCUT2D eigenvalue weighted by atomic mass is 16.7. The number of hydrogen-bond donors (Lipinski definition) is 1. The average molecular weight is 401 g/mol. The number of rotatable bonds is 5. The second kappa shape index (κ2) is 7.82. The maximum atomic E-state index is 6.13. The van der Waals surface area contributed by atoms with Crippen LogP contribution in [0.3, 0.4) is 0 Å². The molecule has 1 saturated heterocycles. The van der Waals surface area contributed by atoms with Crippen molar-refractivity contribution in [3.8, 4) is 16.9 Å². The van der Waals surface area contributed by atoms with E-state index in [0.29, 0.717) is 0 Å². The van der Waals surface area contributed by atoms with Crippen LogP contribution in [0.25, 0.3) is 11.1 Å². The first-order valence-electron chi connectivity index (χ1n) is 10.2. The van der Waals surface area contributed by atoms with Gasteiger partial charge in [0.05, 0.1) is 18.3 Å². The molecule has 0 saturated carbocycles. The molecule has 3 aromatic rings. The molecule has 0 atom stereocenters. The van der Waals surface area contributed by atoms with Gasteiger partial charge in [-0.15, -0.1) is 0 Å². The molecule has 1 aliphatic heterocycles. The van der Waals surface area contributed by atoms with Crippen molar-refractivity contribution in [1.82, 2.24) is 0 Å². The molecule has 3 aromatic carbocycles. The molecule has 1 heterocycles. The van der Waals surface area contributed by atoms with Gasteiger partial charge in [0.15, 0.2) is 0 Å². The quantitative estimate of drug-likeness (QED) is 0.581. The third kappa shape index (κ3) is 4.09. The van der Waals surface area contributed by atoms with Gasteiger partial charge in [-0.2, -0.15) is 0 Å². The number of ether oxygens (including phenoxy) is 1. The molecule has 154 valence electrons. The predicted molar refractivity (Wildman–Crippen MR) is 124 cm³/mol. The van der Waals surface area contributed by atoms with Crippen LogP contribution in [0.1, 0.15) is 27.7 Å². The van der Waals surface area contributed by atoms with Gasteiger partial charge in [-0.05, 0) is 80.7 Å². The van der Waals surface area contributed by atoms with Crippen LogP contribution in [0, 0.1) is 0 Å². The summed E-state index contributed by atoms with van der Waals surface area (Å²) in [7, 11) is 1.34. The Labute approximate surface area is 179 Å². The molecular weight excluding hydrogens is 373 g/mol. The van der Waals surface area contributed by atoms with Crippen molar-refractivity contribution >= 4 is 24.0 Å². The topological polar surface area (TPSA) is 39.7 Å². The molecule has 0 aliphatic carbocycles. The van der Waals surface area contributed by atoms with Crippen LogP contribution in [0.2, 0.25) is 0 Å². The van der Waals surface area contributed by atoms with E-state index in [1.807, 2.05) is 12.1 Å². The Morgan fingerprint density at radius 1 is 0.667 bits per heavy atom. The zero-order valence-corrected chi connectivity index (χ0v) is 18.2. The van der Waals surface area contributed by atoms with E-state index in [4.69, 9.17) is 14.0 Å². The fourth-order valence-electron chi connectivity index (χ4n) is 3.40. The molecule has 1 N–H and O–H groups in total. The minimum absolute atomic E-state index is 0.333. The van der Waals surface area contributed by atoms with Gasteiger partial charge < -0.3 is 19.4 Å². The maximum Gasteiger partial charge on any atom is 0.494 e. The molecule has 0 spiro atoms. The number of methoxy groups -OCH3 is 1. The molecule has 1 aliphatic rings. The number of anilines is 2. The maximum absolute atomic E-state index is 6.13. The minimum Gasteiger partial charge on any atom is -0.497 e. The molecule has 0 bridgehead atoms. The zero-order valence-electron chi connectivity index (χ0n) is 18.2. The van der Waals surface area contributed by atoms with Crippen molar-refractivity contribution in [1.29, 1.82) is 0 Å². The molecule has 0 amide bonds. The second-order valence-corrected chi connectivity index (χ2v) is 8.64. The number of nitrogens with one attached hydrogen (secondary N) is 1. The van der Waals surface area contributed by atoms with Gasteiger partial charge in [0, 0.05) is 11.4 Å². The summed E-state index contributed by atoms with van der Waals surface area (Å²) in [6.45, 7) is 8.27. The number of hydrogen-bond acceptors (Lipinski definition) is 4. The molecule has 1 fully saturated rings. The van der Waals surface area contributed by atoms with E-state index in [2.05, 4.69) is 93.7 Å². The van der Waals surface area contributed by atoms with E-state index in [1.54, 1.807) is 7.11 Å². The zero-order chi connectivity index (χ0) is 21.4. The van der Waals surface area contributed by atoms with Crippen LogP contribution in [0.15, 0.2) is 72.8 Å². The summed E-state index contributed by atoms with van der Waals surface area (Å²) in [5.74, 6) is 0.862. The summed E-state index contributed by atoms with van der Waals surface area (Å²) in [5, 5.41) is 3.45. The number of benzene rings is 3. The van der Waals surface area contributed by atoms with Crippen LogP contribution >= 0.6 is 0 Å². The highest BCUT2D eigenvalue weighted by Gasteiger charge is 2.51. The van der Waals surface area contributed by atoms with Gasteiger partial charge in [0.1, 0.15) is 5.75 Å². The SMILES string of the molecule is COc1ccc(-c2ccc(Nc3ccc(B4OC(C)(C)C(C)(C)O4)cc3)cc2)cc1. The lowest BCUT2D eigenvalue weighted by atomic mass is 9.79. The van der Waals surface area contributed by atoms with E-state index < -0.39 is 0 Å². The Morgan fingerprint density at radius 2 is 1.10 bits per heavy atom. The molecule has 30 heavy (non-hydrogen) atoms. The van der Waals surface area contributed by atoms with Crippen LogP contribution < -0.4 is 15.5 Å². The Kier molecular flexibility index (Phi) is 5.35. The first-order chi connectivity index (χ1) is 14.3. The van der Waals surface area contributed by atoms with Crippen molar-refractivity contribution in [2.24, 2.45) is 0 Å². The van der Waals surface area contributed by atoms with E-state index in [-0.39, 0.29) is 18.3 Å². The van der Waals surface area contributed by atoms with Crippen molar-refractivity contribution in [3.05, 3.63) is 72.8 Å². The Balaban J connectivity index is 1.42. The minimum atomic E-state index is -0.340. The molecule has 4 rings (SSSR count). The summed E-state index contributed by atoms with van der Waals surface area (Å²) in [6, 6.07) is 24.7.